The molecule has 9 heteroatoms. The maximum Gasteiger partial charge on any atom is 0.307 e. The minimum Gasteiger partial charge on any atom is -0.454 e. The normalized spacial score (nSPS) is 12.3. The predicted octanol–water partition coefficient (Wildman–Crippen LogP) is 4.23. The number of hydrogen-bond donors (Lipinski definition) is 1. The SMILES string of the molecule is CCCCCN(CCCCC)CC(C)NC(=O)c1ccc(Cn2cc([N+](=O)[O-])cn2)o1. The third-order valence-corrected chi connectivity index (χ3v) is 5.10. The molecule has 1 unspecified atom stereocenters. The van der Waals surface area contributed by atoms with E-state index >= 15 is 0 Å². The topological polar surface area (TPSA) is 106 Å². The lowest BCUT2D eigenvalue weighted by Crippen LogP contribution is -2.42. The van der Waals surface area contributed by atoms with Crippen LogP contribution in [0.4, 0.5) is 5.69 Å². The van der Waals surface area contributed by atoms with Crippen molar-refractivity contribution in [3.8, 4) is 0 Å². The van der Waals surface area contributed by atoms with Gasteiger partial charge in [-0.3, -0.25) is 19.6 Å². The zero-order chi connectivity index (χ0) is 22.6. The number of carbonyl (C=O) groups is 1. The van der Waals surface area contributed by atoms with Crippen molar-refractivity contribution >= 4 is 11.6 Å². The Morgan fingerprint density at radius 3 is 2.48 bits per heavy atom. The fourth-order valence-electron chi connectivity index (χ4n) is 3.47. The summed E-state index contributed by atoms with van der Waals surface area (Å²) < 4.78 is 7.04. The molecule has 0 radical (unpaired) electrons. The molecule has 0 bridgehead atoms. The maximum absolute atomic E-state index is 12.6. The van der Waals surface area contributed by atoms with Gasteiger partial charge < -0.3 is 14.6 Å². The summed E-state index contributed by atoms with van der Waals surface area (Å²) in [5.41, 5.74) is -0.0826. The van der Waals surface area contributed by atoms with Crippen molar-refractivity contribution in [2.24, 2.45) is 0 Å². The largest absolute Gasteiger partial charge is 0.454 e. The van der Waals surface area contributed by atoms with E-state index in [1.54, 1.807) is 12.1 Å². The molecule has 1 N–H and O–H groups in total. The number of nitrogens with one attached hydrogen (secondary N) is 1. The molecular weight excluding hydrogens is 398 g/mol. The maximum atomic E-state index is 12.6. The summed E-state index contributed by atoms with van der Waals surface area (Å²) in [5, 5.41) is 17.7. The van der Waals surface area contributed by atoms with Gasteiger partial charge in [-0.2, -0.15) is 5.10 Å². The molecule has 0 aliphatic heterocycles. The van der Waals surface area contributed by atoms with E-state index in [2.05, 4.69) is 29.2 Å². The van der Waals surface area contributed by atoms with Gasteiger partial charge in [0.1, 0.15) is 18.2 Å². The minimum atomic E-state index is -0.500. The van der Waals surface area contributed by atoms with Crippen LogP contribution in [0.2, 0.25) is 0 Å². The smallest absolute Gasteiger partial charge is 0.307 e. The Labute approximate surface area is 183 Å². The van der Waals surface area contributed by atoms with Crippen molar-refractivity contribution in [1.29, 1.82) is 0 Å². The van der Waals surface area contributed by atoms with Crippen molar-refractivity contribution < 1.29 is 14.1 Å². The van der Waals surface area contributed by atoms with Crippen LogP contribution in [0.1, 0.15) is 75.6 Å². The standard InChI is InChI=1S/C22H35N5O4/c1-4-6-8-12-25(13-9-7-5-2)15-18(3)24-22(28)21-11-10-20(31-21)17-26-16-19(14-23-26)27(29)30/h10-11,14,16,18H,4-9,12-13,15,17H2,1-3H3,(H,24,28). The lowest BCUT2D eigenvalue weighted by atomic mass is 10.2. The van der Waals surface area contributed by atoms with E-state index in [1.165, 1.54) is 55.6 Å². The van der Waals surface area contributed by atoms with Crippen LogP contribution in [0.5, 0.6) is 0 Å². The fourth-order valence-corrected chi connectivity index (χ4v) is 3.47. The molecular formula is C22H35N5O4. The van der Waals surface area contributed by atoms with Crippen LogP contribution >= 0.6 is 0 Å². The summed E-state index contributed by atoms with van der Waals surface area (Å²) in [6.07, 6.45) is 9.71. The molecule has 0 saturated carbocycles. The highest BCUT2D eigenvalue weighted by Gasteiger charge is 2.17. The molecule has 9 nitrogen and oxygen atoms in total. The molecule has 2 heterocycles. The van der Waals surface area contributed by atoms with E-state index in [0.717, 1.165) is 19.6 Å². The molecule has 172 valence electrons. The molecule has 0 aliphatic rings. The van der Waals surface area contributed by atoms with Crippen LogP contribution in [0.15, 0.2) is 28.9 Å². The van der Waals surface area contributed by atoms with Gasteiger partial charge in [-0.15, -0.1) is 0 Å². The molecule has 0 aromatic carbocycles. The van der Waals surface area contributed by atoms with E-state index in [4.69, 9.17) is 4.42 Å². The first-order valence-corrected chi connectivity index (χ1v) is 11.2. The molecule has 2 aromatic heterocycles. The van der Waals surface area contributed by atoms with E-state index in [0.29, 0.717) is 5.76 Å². The van der Waals surface area contributed by atoms with Gasteiger partial charge in [0, 0.05) is 12.6 Å². The highest BCUT2D eigenvalue weighted by molar-refractivity contribution is 5.91. The molecule has 2 aromatic rings. The molecule has 0 aliphatic carbocycles. The first-order valence-electron chi connectivity index (χ1n) is 11.2. The number of aromatic nitrogens is 2. The van der Waals surface area contributed by atoms with Gasteiger partial charge in [0.05, 0.1) is 11.5 Å². The van der Waals surface area contributed by atoms with E-state index < -0.39 is 4.92 Å². The summed E-state index contributed by atoms with van der Waals surface area (Å²) in [6, 6.07) is 3.31. The van der Waals surface area contributed by atoms with E-state index in [9.17, 15) is 14.9 Å². The Balaban J connectivity index is 1.86. The molecule has 0 saturated heterocycles. The average Bonchev–Trinajstić information content (AvgIpc) is 3.38. The summed E-state index contributed by atoms with van der Waals surface area (Å²) >= 11 is 0. The fraction of sp³-hybridized carbons (Fsp3) is 0.636. The first-order chi connectivity index (χ1) is 14.9. The number of furan rings is 1. The molecule has 1 atom stereocenters. The van der Waals surface area contributed by atoms with E-state index in [-0.39, 0.29) is 29.9 Å². The highest BCUT2D eigenvalue weighted by Crippen LogP contribution is 2.13. The van der Waals surface area contributed by atoms with Crippen molar-refractivity contribution in [3.05, 3.63) is 46.2 Å². The molecule has 0 spiro atoms. The van der Waals surface area contributed by atoms with Gasteiger partial charge in [-0.1, -0.05) is 39.5 Å². The van der Waals surface area contributed by atoms with Crippen molar-refractivity contribution in [2.45, 2.75) is 71.9 Å². The second-order valence-corrected chi connectivity index (χ2v) is 8.01. The third kappa shape index (κ3) is 8.53. The molecule has 31 heavy (non-hydrogen) atoms. The molecule has 0 fully saturated rings. The van der Waals surface area contributed by atoms with Crippen molar-refractivity contribution in [2.75, 3.05) is 19.6 Å². The summed E-state index contributed by atoms with van der Waals surface area (Å²) in [7, 11) is 0. The lowest BCUT2D eigenvalue weighted by molar-refractivity contribution is -0.385. The van der Waals surface area contributed by atoms with Crippen molar-refractivity contribution in [3.63, 3.8) is 0 Å². The zero-order valence-electron chi connectivity index (χ0n) is 18.9. The average molecular weight is 434 g/mol. The third-order valence-electron chi connectivity index (χ3n) is 5.10. The second kappa shape index (κ2) is 12.9. The van der Waals surface area contributed by atoms with Crippen LogP contribution in [-0.4, -0.2) is 51.2 Å². The van der Waals surface area contributed by atoms with Crippen LogP contribution in [0.3, 0.4) is 0 Å². The van der Waals surface area contributed by atoms with Gasteiger partial charge in [-0.05, 0) is 45.0 Å². The first kappa shape index (κ1) is 24.6. The summed E-state index contributed by atoms with van der Waals surface area (Å²) in [5.74, 6) is 0.482. The van der Waals surface area contributed by atoms with Gasteiger partial charge >= 0.3 is 5.69 Å². The Kier molecular flexibility index (Phi) is 10.2. The number of carbonyl (C=O) groups excluding carboxylic acids is 1. The summed E-state index contributed by atoms with van der Waals surface area (Å²) in [4.78, 5) is 25.3. The second-order valence-electron chi connectivity index (χ2n) is 8.01. The Morgan fingerprint density at radius 2 is 1.90 bits per heavy atom. The van der Waals surface area contributed by atoms with Crippen LogP contribution in [0.25, 0.3) is 0 Å². The Hall–Kier alpha value is -2.68. The van der Waals surface area contributed by atoms with Crippen LogP contribution in [0, 0.1) is 10.1 Å². The van der Waals surface area contributed by atoms with Crippen molar-refractivity contribution in [1.82, 2.24) is 20.0 Å². The quantitative estimate of drug-likeness (QED) is 0.256. The molecule has 1 amide bonds. The lowest BCUT2D eigenvalue weighted by Gasteiger charge is -2.26. The Morgan fingerprint density at radius 1 is 1.23 bits per heavy atom. The number of hydrogen-bond acceptors (Lipinski definition) is 6. The number of amides is 1. The van der Waals surface area contributed by atoms with Crippen LogP contribution in [-0.2, 0) is 6.54 Å². The predicted molar refractivity (Wildman–Crippen MR) is 119 cm³/mol. The van der Waals surface area contributed by atoms with Gasteiger partial charge in [0.15, 0.2) is 5.76 Å². The molecule has 2 rings (SSSR count). The van der Waals surface area contributed by atoms with Gasteiger partial charge in [-0.25, -0.2) is 0 Å². The van der Waals surface area contributed by atoms with Crippen LogP contribution < -0.4 is 5.32 Å². The highest BCUT2D eigenvalue weighted by atomic mass is 16.6. The number of nitrogens with zero attached hydrogens (tertiary/aromatic N) is 4. The zero-order valence-corrected chi connectivity index (χ0v) is 18.9. The number of unbranched alkanes of at least 4 members (excludes halogenated alkanes) is 4. The minimum absolute atomic E-state index is 0.00179. The van der Waals surface area contributed by atoms with Gasteiger partial charge in [0.2, 0.25) is 0 Å². The monoisotopic (exact) mass is 433 g/mol. The van der Waals surface area contributed by atoms with E-state index in [1.807, 2.05) is 6.92 Å². The van der Waals surface area contributed by atoms with Gasteiger partial charge in [0.25, 0.3) is 5.91 Å². The number of nitro groups is 1. The number of rotatable bonds is 15. The summed E-state index contributed by atoms with van der Waals surface area (Å²) in [6.45, 7) is 9.56. The Bertz CT molecular complexity index is 806.